The second-order valence-corrected chi connectivity index (χ2v) is 10.5. The van der Waals surface area contributed by atoms with E-state index in [1.807, 2.05) is 6.92 Å². The van der Waals surface area contributed by atoms with Crippen molar-refractivity contribution in [3.63, 3.8) is 0 Å². The maximum atomic E-state index is 12.4. The second kappa shape index (κ2) is 6.66. The molecule has 4 aliphatic rings. The van der Waals surface area contributed by atoms with Gasteiger partial charge in [0.25, 0.3) is 0 Å². The highest BCUT2D eigenvalue weighted by molar-refractivity contribution is 5.78. The summed E-state index contributed by atoms with van der Waals surface area (Å²) in [5.41, 5.74) is -0.418. The van der Waals surface area contributed by atoms with Crippen LogP contribution in [0.4, 0.5) is 0 Å². The summed E-state index contributed by atoms with van der Waals surface area (Å²) in [6.07, 6.45) is 12.4. The molecular formula is C23H38O2. The average Bonchev–Trinajstić information content (AvgIpc) is 2.77. The minimum Gasteiger partial charge on any atom is -0.390 e. The van der Waals surface area contributed by atoms with E-state index in [-0.39, 0.29) is 0 Å². The molecule has 0 spiro atoms. The first-order valence-corrected chi connectivity index (χ1v) is 11.1. The summed E-state index contributed by atoms with van der Waals surface area (Å²) >= 11 is 0. The molecule has 0 aromatic carbocycles. The van der Waals surface area contributed by atoms with Crippen LogP contribution in [0.15, 0.2) is 0 Å². The van der Waals surface area contributed by atoms with Crippen LogP contribution in [0.1, 0.15) is 85.0 Å². The van der Waals surface area contributed by atoms with E-state index in [1.54, 1.807) is 0 Å². The molecule has 0 saturated heterocycles. The molecule has 142 valence electrons. The van der Waals surface area contributed by atoms with Crippen molar-refractivity contribution in [1.29, 1.82) is 0 Å². The molecule has 0 bridgehead atoms. The van der Waals surface area contributed by atoms with Crippen LogP contribution < -0.4 is 0 Å². The van der Waals surface area contributed by atoms with Crippen LogP contribution >= 0.6 is 0 Å². The SMILES string of the molecule is CC(=O)[C@@H]1CCCC[C@H]2[C@@H]3CC[C@@H]4C[C@](C)(O)CC[C@@H]4[C@H]3C[C@H](C)[C@@H]21. The van der Waals surface area contributed by atoms with Crippen LogP contribution in [0.25, 0.3) is 0 Å². The van der Waals surface area contributed by atoms with E-state index < -0.39 is 5.60 Å². The van der Waals surface area contributed by atoms with Crippen molar-refractivity contribution >= 4 is 5.78 Å². The smallest absolute Gasteiger partial charge is 0.133 e. The molecule has 2 nitrogen and oxygen atoms in total. The Balaban J connectivity index is 1.59. The maximum Gasteiger partial charge on any atom is 0.133 e. The van der Waals surface area contributed by atoms with Gasteiger partial charge in [-0.1, -0.05) is 19.8 Å². The molecule has 0 unspecified atom stereocenters. The van der Waals surface area contributed by atoms with Gasteiger partial charge in [-0.2, -0.15) is 0 Å². The summed E-state index contributed by atoms with van der Waals surface area (Å²) in [4.78, 5) is 12.4. The number of rotatable bonds is 1. The molecule has 2 heteroatoms. The fourth-order valence-corrected chi connectivity index (χ4v) is 8.04. The molecule has 4 saturated carbocycles. The van der Waals surface area contributed by atoms with E-state index in [1.165, 1.54) is 44.9 Å². The molecule has 25 heavy (non-hydrogen) atoms. The Hall–Kier alpha value is -0.370. The third kappa shape index (κ3) is 3.22. The van der Waals surface area contributed by atoms with Gasteiger partial charge in [0.05, 0.1) is 5.60 Å². The lowest BCUT2D eigenvalue weighted by atomic mass is 9.49. The number of carbonyl (C=O) groups excluding carboxylic acids is 1. The summed E-state index contributed by atoms with van der Waals surface area (Å²) in [6, 6.07) is 0. The highest BCUT2D eigenvalue weighted by atomic mass is 16.3. The van der Waals surface area contributed by atoms with Gasteiger partial charge in [0, 0.05) is 5.92 Å². The summed E-state index contributed by atoms with van der Waals surface area (Å²) in [5, 5.41) is 10.5. The van der Waals surface area contributed by atoms with Crippen molar-refractivity contribution < 1.29 is 9.90 Å². The minimum absolute atomic E-state index is 0.341. The summed E-state index contributed by atoms with van der Waals surface area (Å²) < 4.78 is 0. The van der Waals surface area contributed by atoms with Gasteiger partial charge in [0.2, 0.25) is 0 Å². The first-order chi connectivity index (χ1) is 11.9. The molecule has 4 aliphatic carbocycles. The number of hydrogen-bond acceptors (Lipinski definition) is 2. The standard InChI is InChI=1S/C23H38O2/c1-14-12-21-18-10-11-23(3,25)13-16(18)8-9-19(21)20-7-5-4-6-17(15(2)24)22(14)20/h14,16-22,25H,4-13H2,1-3H3/t14-,16+,17-,18-,19-,20-,21+,22+,23+/m0/s1. The van der Waals surface area contributed by atoms with E-state index in [0.29, 0.717) is 23.5 Å². The fraction of sp³-hybridized carbons (Fsp3) is 0.957. The van der Waals surface area contributed by atoms with Gasteiger partial charge in [-0.25, -0.2) is 0 Å². The summed E-state index contributed by atoms with van der Waals surface area (Å²) in [5.74, 6) is 6.31. The van der Waals surface area contributed by atoms with E-state index in [0.717, 1.165) is 48.9 Å². The molecule has 0 aromatic rings. The lowest BCUT2D eigenvalue weighted by Crippen LogP contribution is -2.51. The first-order valence-electron chi connectivity index (χ1n) is 11.1. The van der Waals surface area contributed by atoms with Gasteiger partial charge in [0.1, 0.15) is 5.78 Å². The average molecular weight is 347 g/mol. The molecule has 0 radical (unpaired) electrons. The third-order valence-corrected chi connectivity index (χ3v) is 8.93. The number of Topliss-reactive ketones (excluding diaryl/α,β-unsaturated/α-hetero) is 1. The van der Waals surface area contributed by atoms with Crippen LogP contribution in [0.5, 0.6) is 0 Å². The van der Waals surface area contributed by atoms with Gasteiger partial charge in [-0.05, 0) is 107 Å². The zero-order chi connectivity index (χ0) is 17.8. The highest BCUT2D eigenvalue weighted by Crippen LogP contribution is 2.59. The Morgan fingerprint density at radius 3 is 2.48 bits per heavy atom. The topological polar surface area (TPSA) is 37.3 Å². The number of carbonyl (C=O) groups is 1. The van der Waals surface area contributed by atoms with Crippen LogP contribution in [0, 0.1) is 47.3 Å². The monoisotopic (exact) mass is 346 g/mol. The normalized spacial score (nSPS) is 53.1. The zero-order valence-electron chi connectivity index (χ0n) is 16.5. The molecule has 0 aliphatic heterocycles. The van der Waals surface area contributed by atoms with Gasteiger partial charge in [0.15, 0.2) is 0 Å². The molecule has 9 atom stereocenters. The summed E-state index contributed by atoms with van der Waals surface area (Å²) in [6.45, 7) is 6.36. The molecular weight excluding hydrogens is 308 g/mol. The Kier molecular flexibility index (Phi) is 4.80. The van der Waals surface area contributed by atoms with Crippen molar-refractivity contribution in [2.45, 2.75) is 90.6 Å². The van der Waals surface area contributed by atoms with E-state index in [9.17, 15) is 9.90 Å². The summed E-state index contributed by atoms with van der Waals surface area (Å²) in [7, 11) is 0. The van der Waals surface area contributed by atoms with Crippen LogP contribution in [-0.2, 0) is 4.79 Å². The Bertz CT molecular complexity index is 510. The molecule has 0 heterocycles. The molecule has 1 N–H and O–H groups in total. The Morgan fingerprint density at radius 2 is 1.72 bits per heavy atom. The van der Waals surface area contributed by atoms with Gasteiger partial charge in [-0.3, -0.25) is 4.79 Å². The number of ketones is 1. The van der Waals surface area contributed by atoms with Crippen molar-refractivity contribution in [2.24, 2.45) is 47.3 Å². The highest BCUT2D eigenvalue weighted by Gasteiger charge is 2.53. The van der Waals surface area contributed by atoms with Gasteiger partial charge in [-0.15, -0.1) is 0 Å². The maximum absolute atomic E-state index is 12.4. The van der Waals surface area contributed by atoms with Crippen LogP contribution in [0.2, 0.25) is 0 Å². The molecule has 0 aromatic heterocycles. The van der Waals surface area contributed by atoms with Crippen molar-refractivity contribution in [3.05, 3.63) is 0 Å². The number of fused-ring (bicyclic) bond motifs is 5. The number of aliphatic hydroxyl groups is 1. The first kappa shape index (κ1) is 18.0. The molecule has 0 amide bonds. The van der Waals surface area contributed by atoms with Crippen molar-refractivity contribution in [1.82, 2.24) is 0 Å². The fourth-order valence-electron chi connectivity index (χ4n) is 8.04. The quantitative estimate of drug-likeness (QED) is 0.706. The predicted molar refractivity (Wildman–Crippen MR) is 101 cm³/mol. The van der Waals surface area contributed by atoms with E-state index in [2.05, 4.69) is 13.8 Å². The Labute approximate surface area is 154 Å². The van der Waals surface area contributed by atoms with Gasteiger partial charge < -0.3 is 5.11 Å². The van der Waals surface area contributed by atoms with Crippen LogP contribution in [-0.4, -0.2) is 16.5 Å². The predicted octanol–water partition coefficient (Wildman–Crippen LogP) is 5.23. The zero-order valence-corrected chi connectivity index (χ0v) is 16.5. The van der Waals surface area contributed by atoms with E-state index in [4.69, 9.17) is 0 Å². The second-order valence-electron chi connectivity index (χ2n) is 10.5. The van der Waals surface area contributed by atoms with Crippen molar-refractivity contribution in [2.75, 3.05) is 0 Å². The number of hydrogen-bond donors (Lipinski definition) is 1. The minimum atomic E-state index is -0.418. The van der Waals surface area contributed by atoms with Crippen molar-refractivity contribution in [3.8, 4) is 0 Å². The Morgan fingerprint density at radius 1 is 0.960 bits per heavy atom. The molecule has 4 rings (SSSR count). The third-order valence-electron chi connectivity index (χ3n) is 8.93. The largest absolute Gasteiger partial charge is 0.390 e. The van der Waals surface area contributed by atoms with Gasteiger partial charge >= 0.3 is 0 Å². The lowest BCUT2D eigenvalue weighted by Gasteiger charge is -2.57. The van der Waals surface area contributed by atoms with E-state index >= 15 is 0 Å². The molecule has 4 fully saturated rings. The van der Waals surface area contributed by atoms with Crippen LogP contribution in [0.3, 0.4) is 0 Å². The lowest BCUT2D eigenvalue weighted by molar-refractivity contribution is -0.131.